The van der Waals surface area contributed by atoms with Gasteiger partial charge < -0.3 is 15.8 Å². The maximum Gasteiger partial charge on any atom is 0.328 e. The van der Waals surface area contributed by atoms with Crippen LogP contribution < -0.4 is 11.1 Å². The number of rotatable bonds is 10. The molecule has 2 aromatic rings. The van der Waals surface area contributed by atoms with Crippen molar-refractivity contribution in [1.82, 2.24) is 9.62 Å². The van der Waals surface area contributed by atoms with Crippen molar-refractivity contribution < 1.29 is 27.5 Å². The number of methoxy groups -OCH3 is 1. The number of ether oxygens (including phenoxy) is 1. The van der Waals surface area contributed by atoms with Gasteiger partial charge >= 0.3 is 5.97 Å². The summed E-state index contributed by atoms with van der Waals surface area (Å²) in [6.45, 7) is 0.228. The van der Waals surface area contributed by atoms with Crippen molar-refractivity contribution in [2.24, 2.45) is 11.7 Å². The molecule has 1 aliphatic heterocycles. The molecule has 9 nitrogen and oxygen atoms in total. The Morgan fingerprint density at radius 3 is 2.26 bits per heavy atom. The number of nitrogens with one attached hydrogen (secondary N) is 1. The summed E-state index contributed by atoms with van der Waals surface area (Å²) < 4.78 is 32.5. The van der Waals surface area contributed by atoms with E-state index in [-0.39, 0.29) is 35.6 Å². The van der Waals surface area contributed by atoms with E-state index in [1.165, 1.54) is 23.5 Å². The molecule has 10 heteroatoms. The van der Waals surface area contributed by atoms with E-state index in [1.54, 1.807) is 18.2 Å². The van der Waals surface area contributed by atoms with Crippen LogP contribution in [0.3, 0.4) is 0 Å². The Kier molecular flexibility index (Phi) is 9.53. The lowest BCUT2D eigenvalue weighted by atomic mass is 9.82. The fourth-order valence-electron chi connectivity index (χ4n) is 5.44. The number of Topliss-reactive ketones (excluding diaryl/α,β-unsaturated/α-hetero) is 1. The molecule has 2 aliphatic rings. The molecule has 1 saturated carbocycles. The number of nitrogens with two attached hydrogens (primary N) is 1. The maximum atomic E-state index is 13.2. The van der Waals surface area contributed by atoms with Crippen LogP contribution in [0.5, 0.6) is 0 Å². The van der Waals surface area contributed by atoms with Crippen LogP contribution in [0.25, 0.3) is 0 Å². The Bertz CT molecular complexity index is 1260. The zero-order valence-corrected chi connectivity index (χ0v) is 23.1. The normalized spacial score (nSPS) is 22.7. The monoisotopic (exact) mass is 555 g/mol. The zero-order chi connectivity index (χ0) is 28.0. The minimum Gasteiger partial charge on any atom is -0.467 e. The molecule has 0 bridgehead atoms. The van der Waals surface area contributed by atoms with Crippen LogP contribution in [0.1, 0.15) is 49.7 Å². The highest BCUT2D eigenvalue weighted by Crippen LogP contribution is 2.27. The van der Waals surface area contributed by atoms with E-state index in [2.05, 4.69) is 5.32 Å². The Morgan fingerprint density at radius 1 is 0.974 bits per heavy atom. The van der Waals surface area contributed by atoms with Gasteiger partial charge in [-0.05, 0) is 61.8 Å². The molecule has 0 spiro atoms. The third-order valence-corrected chi connectivity index (χ3v) is 9.65. The summed E-state index contributed by atoms with van der Waals surface area (Å²) in [6, 6.07) is 13.7. The number of carbonyl (C=O) groups excluding carboxylic acids is 3. The van der Waals surface area contributed by atoms with E-state index in [1.807, 2.05) is 24.3 Å². The van der Waals surface area contributed by atoms with Crippen molar-refractivity contribution in [3.63, 3.8) is 0 Å². The third-order valence-electron chi connectivity index (χ3n) is 7.73. The van der Waals surface area contributed by atoms with Gasteiger partial charge in [-0.1, -0.05) is 42.5 Å². The number of hydrogen-bond acceptors (Lipinski definition) is 7. The predicted octanol–water partition coefficient (Wildman–Crippen LogP) is 2.37. The quantitative estimate of drug-likeness (QED) is 0.430. The van der Waals surface area contributed by atoms with Crippen molar-refractivity contribution in [2.45, 2.75) is 74.4 Å². The van der Waals surface area contributed by atoms with Gasteiger partial charge in [0.15, 0.2) is 0 Å². The summed E-state index contributed by atoms with van der Waals surface area (Å²) in [5.74, 6) is -0.865. The van der Waals surface area contributed by atoms with Gasteiger partial charge in [-0.3, -0.25) is 9.59 Å². The number of benzene rings is 2. The topological polar surface area (TPSA) is 136 Å². The number of esters is 1. The highest BCUT2D eigenvalue weighted by atomic mass is 32.2. The van der Waals surface area contributed by atoms with Crippen LogP contribution in [0.2, 0.25) is 0 Å². The van der Waals surface area contributed by atoms with Crippen LogP contribution in [0.4, 0.5) is 0 Å². The van der Waals surface area contributed by atoms with E-state index in [4.69, 9.17) is 10.5 Å². The second-order valence-electron chi connectivity index (χ2n) is 10.4. The number of ketones is 1. The SMILES string of the molecule is COC(=O)[C@H](Cc1ccc(CC(=O)C2CCC(N)CC2)cc1)NC(=O)[C@@H]1CCCN1S(=O)(=O)c1ccccc1. The first kappa shape index (κ1) is 28.9. The van der Waals surface area contributed by atoms with Gasteiger partial charge in [0.25, 0.3) is 0 Å². The largest absolute Gasteiger partial charge is 0.467 e. The lowest BCUT2D eigenvalue weighted by Gasteiger charge is -2.25. The van der Waals surface area contributed by atoms with Crippen molar-refractivity contribution in [3.05, 3.63) is 65.7 Å². The molecule has 0 radical (unpaired) electrons. The van der Waals surface area contributed by atoms with Crippen LogP contribution in [0, 0.1) is 5.92 Å². The summed E-state index contributed by atoms with van der Waals surface area (Å²) in [6.07, 6.45) is 4.87. The summed E-state index contributed by atoms with van der Waals surface area (Å²) in [7, 11) is -2.61. The predicted molar refractivity (Wildman–Crippen MR) is 146 cm³/mol. The molecule has 1 amide bonds. The molecule has 0 unspecified atom stereocenters. The average Bonchev–Trinajstić information content (AvgIpc) is 3.45. The molecule has 4 rings (SSSR count). The lowest BCUT2D eigenvalue weighted by molar-refractivity contribution is -0.145. The first-order chi connectivity index (χ1) is 18.7. The van der Waals surface area contributed by atoms with Crippen molar-refractivity contribution >= 4 is 27.7 Å². The molecule has 2 aromatic carbocycles. The van der Waals surface area contributed by atoms with E-state index in [9.17, 15) is 22.8 Å². The maximum absolute atomic E-state index is 13.2. The standard InChI is InChI=1S/C29H37N3O6S/c1-38-29(35)25(18-20-9-11-21(12-10-20)19-27(33)22-13-15-23(30)16-14-22)31-28(34)26-8-5-17-32(26)39(36,37)24-6-3-2-4-7-24/h2-4,6-7,9-12,22-23,25-26H,5,8,13-19,30H2,1H3,(H,31,34)/t22?,23?,25-,26-/m0/s1. The highest BCUT2D eigenvalue weighted by Gasteiger charge is 2.40. The molecular weight excluding hydrogens is 518 g/mol. The molecule has 39 heavy (non-hydrogen) atoms. The fourth-order valence-corrected chi connectivity index (χ4v) is 7.11. The number of nitrogens with zero attached hydrogens (tertiary/aromatic N) is 1. The van der Waals surface area contributed by atoms with Crippen molar-refractivity contribution in [2.75, 3.05) is 13.7 Å². The van der Waals surface area contributed by atoms with Crippen LogP contribution in [-0.2, 0) is 42.0 Å². The van der Waals surface area contributed by atoms with Gasteiger partial charge in [0.05, 0.1) is 12.0 Å². The molecule has 3 N–H and O–H groups in total. The van der Waals surface area contributed by atoms with E-state index < -0.39 is 34.0 Å². The fraction of sp³-hybridized carbons (Fsp3) is 0.483. The highest BCUT2D eigenvalue weighted by molar-refractivity contribution is 7.89. The summed E-state index contributed by atoms with van der Waals surface area (Å²) in [5, 5.41) is 2.72. The second kappa shape index (κ2) is 12.8. The van der Waals surface area contributed by atoms with Gasteiger partial charge in [-0.25, -0.2) is 13.2 Å². The van der Waals surface area contributed by atoms with Crippen LogP contribution in [0.15, 0.2) is 59.5 Å². The van der Waals surface area contributed by atoms with Gasteiger partial charge in [0.2, 0.25) is 15.9 Å². The number of carbonyl (C=O) groups is 3. The summed E-state index contributed by atoms with van der Waals surface area (Å²) in [4.78, 5) is 38.6. The van der Waals surface area contributed by atoms with Crippen molar-refractivity contribution in [1.29, 1.82) is 0 Å². The van der Waals surface area contributed by atoms with Crippen LogP contribution >= 0.6 is 0 Å². The van der Waals surface area contributed by atoms with Crippen LogP contribution in [-0.4, -0.2) is 62.2 Å². The Labute approximate surface area is 230 Å². The minimum absolute atomic E-state index is 0.0595. The molecule has 0 aromatic heterocycles. The van der Waals surface area contributed by atoms with E-state index >= 15 is 0 Å². The van der Waals surface area contributed by atoms with Gasteiger partial charge in [0, 0.05) is 31.3 Å². The van der Waals surface area contributed by atoms with Gasteiger partial charge in [-0.2, -0.15) is 4.31 Å². The first-order valence-electron chi connectivity index (χ1n) is 13.5. The van der Waals surface area contributed by atoms with E-state index in [0.717, 1.165) is 36.8 Å². The third kappa shape index (κ3) is 7.12. The average molecular weight is 556 g/mol. The van der Waals surface area contributed by atoms with E-state index in [0.29, 0.717) is 19.3 Å². The summed E-state index contributed by atoms with van der Waals surface area (Å²) in [5.41, 5.74) is 7.63. The minimum atomic E-state index is -3.86. The molecular formula is C29H37N3O6S. The molecule has 1 heterocycles. The zero-order valence-electron chi connectivity index (χ0n) is 22.3. The van der Waals surface area contributed by atoms with Crippen molar-refractivity contribution in [3.8, 4) is 0 Å². The second-order valence-corrected chi connectivity index (χ2v) is 12.3. The van der Waals surface area contributed by atoms with Gasteiger partial charge in [-0.15, -0.1) is 0 Å². The Balaban J connectivity index is 1.39. The number of amides is 1. The number of hydrogen-bond donors (Lipinski definition) is 2. The molecule has 1 saturated heterocycles. The molecule has 1 aliphatic carbocycles. The number of sulfonamides is 1. The first-order valence-corrected chi connectivity index (χ1v) is 14.9. The summed E-state index contributed by atoms with van der Waals surface area (Å²) >= 11 is 0. The molecule has 210 valence electrons. The van der Waals surface area contributed by atoms with Gasteiger partial charge in [0.1, 0.15) is 17.9 Å². The molecule has 2 fully saturated rings. The smallest absolute Gasteiger partial charge is 0.328 e. The molecule has 2 atom stereocenters. The Morgan fingerprint density at radius 2 is 1.62 bits per heavy atom. The lowest BCUT2D eigenvalue weighted by Crippen LogP contribution is -2.51. The Hall–Kier alpha value is -3.08.